The van der Waals surface area contributed by atoms with Gasteiger partial charge in [0.1, 0.15) is 12.4 Å². The van der Waals surface area contributed by atoms with Crippen molar-refractivity contribution >= 4 is 16.9 Å². The monoisotopic (exact) mass is 443 g/mol. The summed E-state index contributed by atoms with van der Waals surface area (Å²) in [5, 5.41) is 5.51. The second-order valence-corrected chi connectivity index (χ2v) is 8.45. The van der Waals surface area contributed by atoms with Crippen LogP contribution in [0.3, 0.4) is 0 Å². The molecule has 1 amide bonds. The molecule has 0 unspecified atom stereocenters. The van der Waals surface area contributed by atoms with Gasteiger partial charge in [-0.15, -0.1) is 0 Å². The SMILES string of the molecule is Cc1nn(CC(=O)N2CCN(Cc3ccccc3)CC2)c2nccc(-c3ccc(F)cc3)c12. The maximum absolute atomic E-state index is 13.4. The normalized spacial score (nSPS) is 14.7. The number of hydrogen-bond acceptors (Lipinski definition) is 4. The summed E-state index contributed by atoms with van der Waals surface area (Å²) in [4.78, 5) is 21.9. The Morgan fingerprint density at radius 2 is 1.70 bits per heavy atom. The highest BCUT2D eigenvalue weighted by Crippen LogP contribution is 2.30. The third-order valence-electron chi connectivity index (χ3n) is 6.22. The summed E-state index contributed by atoms with van der Waals surface area (Å²) in [5.41, 5.74) is 4.60. The number of carbonyl (C=O) groups is 1. The third-order valence-corrected chi connectivity index (χ3v) is 6.22. The van der Waals surface area contributed by atoms with Crippen LogP contribution < -0.4 is 0 Å². The molecule has 1 aliphatic rings. The van der Waals surface area contributed by atoms with E-state index in [1.807, 2.05) is 24.0 Å². The van der Waals surface area contributed by atoms with Crippen LogP contribution in [0.25, 0.3) is 22.2 Å². The van der Waals surface area contributed by atoms with Crippen molar-refractivity contribution in [3.8, 4) is 11.1 Å². The zero-order valence-corrected chi connectivity index (χ0v) is 18.6. The Balaban J connectivity index is 1.29. The number of amides is 1. The molecule has 5 rings (SSSR count). The van der Waals surface area contributed by atoms with Gasteiger partial charge in [-0.3, -0.25) is 9.69 Å². The second-order valence-electron chi connectivity index (χ2n) is 8.45. The topological polar surface area (TPSA) is 54.3 Å². The summed E-state index contributed by atoms with van der Waals surface area (Å²) in [6.45, 7) is 6.10. The van der Waals surface area contributed by atoms with Gasteiger partial charge in [0.25, 0.3) is 0 Å². The van der Waals surface area contributed by atoms with Crippen LogP contribution in [0.4, 0.5) is 4.39 Å². The van der Waals surface area contributed by atoms with Gasteiger partial charge in [0.2, 0.25) is 5.91 Å². The third kappa shape index (κ3) is 4.50. The van der Waals surface area contributed by atoms with Gasteiger partial charge in [-0.2, -0.15) is 5.10 Å². The predicted molar refractivity (Wildman–Crippen MR) is 126 cm³/mol. The minimum absolute atomic E-state index is 0.0488. The first-order valence-electron chi connectivity index (χ1n) is 11.2. The molecule has 1 fully saturated rings. The minimum atomic E-state index is -0.272. The molecule has 0 bridgehead atoms. The van der Waals surface area contributed by atoms with E-state index in [0.29, 0.717) is 18.7 Å². The number of piperazine rings is 1. The van der Waals surface area contributed by atoms with Crippen molar-refractivity contribution in [2.45, 2.75) is 20.0 Å². The lowest BCUT2D eigenvalue weighted by Gasteiger charge is -2.34. The standard InChI is InChI=1S/C26H26FN5O/c1-19-25-23(21-7-9-22(27)10-8-21)11-12-28-26(25)32(29-19)18-24(33)31-15-13-30(14-16-31)17-20-5-3-2-4-6-20/h2-12H,13-18H2,1H3. The van der Waals surface area contributed by atoms with E-state index in [1.165, 1.54) is 17.7 Å². The number of pyridine rings is 1. The lowest BCUT2D eigenvalue weighted by Crippen LogP contribution is -2.49. The number of fused-ring (bicyclic) bond motifs is 1. The predicted octanol–water partition coefficient (Wildman–Crippen LogP) is 3.89. The van der Waals surface area contributed by atoms with E-state index in [1.54, 1.807) is 23.0 Å². The fraction of sp³-hybridized carbons (Fsp3) is 0.269. The first-order chi connectivity index (χ1) is 16.1. The summed E-state index contributed by atoms with van der Waals surface area (Å²) in [6, 6.07) is 18.7. The minimum Gasteiger partial charge on any atom is -0.339 e. The van der Waals surface area contributed by atoms with Crippen LogP contribution >= 0.6 is 0 Å². The highest BCUT2D eigenvalue weighted by molar-refractivity contribution is 5.95. The fourth-order valence-electron chi connectivity index (χ4n) is 4.49. The lowest BCUT2D eigenvalue weighted by atomic mass is 10.0. The number of benzene rings is 2. The largest absolute Gasteiger partial charge is 0.339 e. The average Bonchev–Trinajstić information content (AvgIpc) is 3.16. The van der Waals surface area contributed by atoms with Gasteiger partial charge in [0.05, 0.1) is 5.69 Å². The van der Waals surface area contributed by atoms with E-state index < -0.39 is 0 Å². The first-order valence-corrected chi connectivity index (χ1v) is 11.2. The number of halogens is 1. The number of hydrogen-bond donors (Lipinski definition) is 0. The molecule has 1 aliphatic heterocycles. The Labute approximate surface area is 192 Å². The molecule has 0 spiro atoms. The number of aryl methyl sites for hydroxylation is 1. The lowest BCUT2D eigenvalue weighted by molar-refractivity contribution is -0.133. The molecule has 0 atom stereocenters. The van der Waals surface area contributed by atoms with Crippen LogP contribution in [0.15, 0.2) is 66.9 Å². The summed E-state index contributed by atoms with van der Waals surface area (Å²) in [6.07, 6.45) is 1.71. The molecule has 2 aromatic carbocycles. The van der Waals surface area contributed by atoms with Crippen molar-refractivity contribution in [2.24, 2.45) is 0 Å². The summed E-state index contributed by atoms with van der Waals surface area (Å²) in [7, 11) is 0. The van der Waals surface area contributed by atoms with Crippen molar-refractivity contribution in [2.75, 3.05) is 26.2 Å². The van der Waals surface area contributed by atoms with Crippen LogP contribution in [-0.2, 0) is 17.9 Å². The van der Waals surface area contributed by atoms with E-state index in [-0.39, 0.29) is 18.3 Å². The van der Waals surface area contributed by atoms with Crippen LogP contribution in [-0.4, -0.2) is 56.7 Å². The molecule has 168 valence electrons. The molecule has 0 saturated carbocycles. The Hall–Kier alpha value is -3.58. The average molecular weight is 444 g/mol. The maximum Gasteiger partial charge on any atom is 0.244 e. The van der Waals surface area contributed by atoms with Gasteiger partial charge in [0, 0.05) is 44.3 Å². The van der Waals surface area contributed by atoms with Crippen LogP contribution in [0, 0.1) is 12.7 Å². The van der Waals surface area contributed by atoms with Crippen molar-refractivity contribution < 1.29 is 9.18 Å². The molecule has 0 radical (unpaired) electrons. The molecule has 3 heterocycles. The molecule has 7 heteroatoms. The van der Waals surface area contributed by atoms with Crippen LogP contribution in [0.1, 0.15) is 11.3 Å². The van der Waals surface area contributed by atoms with Crippen molar-refractivity contribution in [3.63, 3.8) is 0 Å². The van der Waals surface area contributed by atoms with Crippen LogP contribution in [0.5, 0.6) is 0 Å². The molecular weight excluding hydrogens is 417 g/mol. The fourth-order valence-corrected chi connectivity index (χ4v) is 4.49. The van der Waals surface area contributed by atoms with Gasteiger partial charge in [-0.25, -0.2) is 14.1 Å². The second kappa shape index (κ2) is 9.11. The van der Waals surface area contributed by atoms with Gasteiger partial charge in [0.15, 0.2) is 5.65 Å². The Bertz CT molecular complexity index is 1260. The summed E-state index contributed by atoms with van der Waals surface area (Å²) in [5.74, 6) is -0.223. The van der Waals surface area contributed by atoms with E-state index in [9.17, 15) is 9.18 Å². The molecule has 1 saturated heterocycles. The number of carbonyl (C=O) groups excluding carboxylic acids is 1. The molecule has 2 aromatic heterocycles. The van der Waals surface area contributed by atoms with Crippen molar-refractivity contribution in [1.82, 2.24) is 24.6 Å². The summed E-state index contributed by atoms with van der Waals surface area (Å²) < 4.78 is 15.1. The summed E-state index contributed by atoms with van der Waals surface area (Å²) >= 11 is 0. The smallest absolute Gasteiger partial charge is 0.244 e. The van der Waals surface area contributed by atoms with E-state index in [2.05, 4.69) is 39.2 Å². The van der Waals surface area contributed by atoms with Gasteiger partial charge in [-0.05, 0) is 41.8 Å². The molecule has 0 N–H and O–H groups in total. The molecule has 33 heavy (non-hydrogen) atoms. The zero-order chi connectivity index (χ0) is 22.8. The van der Waals surface area contributed by atoms with E-state index in [4.69, 9.17) is 0 Å². The highest BCUT2D eigenvalue weighted by atomic mass is 19.1. The Morgan fingerprint density at radius 1 is 0.970 bits per heavy atom. The van der Waals surface area contributed by atoms with Gasteiger partial charge >= 0.3 is 0 Å². The van der Waals surface area contributed by atoms with E-state index >= 15 is 0 Å². The molecule has 6 nitrogen and oxygen atoms in total. The maximum atomic E-state index is 13.4. The molecular formula is C26H26FN5O. The number of nitrogens with zero attached hydrogens (tertiary/aromatic N) is 5. The number of aromatic nitrogens is 3. The van der Waals surface area contributed by atoms with Gasteiger partial charge in [-0.1, -0.05) is 42.5 Å². The quantitative estimate of drug-likeness (QED) is 0.470. The highest BCUT2D eigenvalue weighted by Gasteiger charge is 2.23. The Morgan fingerprint density at radius 3 is 2.42 bits per heavy atom. The molecule has 4 aromatic rings. The molecule has 0 aliphatic carbocycles. The van der Waals surface area contributed by atoms with Crippen molar-refractivity contribution in [3.05, 3.63) is 83.9 Å². The zero-order valence-electron chi connectivity index (χ0n) is 18.6. The first kappa shape index (κ1) is 21.3. The van der Waals surface area contributed by atoms with E-state index in [0.717, 1.165) is 41.8 Å². The van der Waals surface area contributed by atoms with Crippen molar-refractivity contribution in [1.29, 1.82) is 0 Å². The number of rotatable bonds is 5. The van der Waals surface area contributed by atoms with Crippen LogP contribution in [0.2, 0.25) is 0 Å². The van der Waals surface area contributed by atoms with Gasteiger partial charge < -0.3 is 4.90 Å². The Kier molecular flexibility index (Phi) is 5.88.